The van der Waals surface area contributed by atoms with Gasteiger partial charge in [-0.05, 0) is 30.7 Å². The Morgan fingerprint density at radius 2 is 2.00 bits per heavy atom. The first kappa shape index (κ1) is 13.5. The summed E-state index contributed by atoms with van der Waals surface area (Å²) in [5, 5.41) is 2.88. The van der Waals surface area contributed by atoms with Gasteiger partial charge >= 0.3 is 0 Å². The molecule has 4 nitrogen and oxygen atoms in total. The molecule has 0 aliphatic carbocycles. The van der Waals surface area contributed by atoms with E-state index in [-0.39, 0.29) is 5.91 Å². The van der Waals surface area contributed by atoms with E-state index < -0.39 is 6.10 Å². The highest BCUT2D eigenvalue weighted by Crippen LogP contribution is 2.30. The van der Waals surface area contributed by atoms with Crippen LogP contribution in [0.2, 0.25) is 0 Å². The van der Waals surface area contributed by atoms with Gasteiger partial charge in [-0.3, -0.25) is 4.79 Å². The van der Waals surface area contributed by atoms with Gasteiger partial charge < -0.3 is 14.8 Å². The summed E-state index contributed by atoms with van der Waals surface area (Å²) in [6, 6.07) is 15.1. The van der Waals surface area contributed by atoms with Gasteiger partial charge in [-0.2, -0.15) is 0 Å². The van der Waals surface area contributed by atoms with Crippen molar-refractivity contribution in [1.82, 2.24) is 0 Å². The summed E-state index contributed by atoms with van der Waals surface area (Å²) in [6.07, 6.45) is 0.107. The van der Waals surface area contributed by atoms with Crippen LogP contribution in [0.25, 0.3) is 0 Å². The third-order valence-corrected chi connectivity index (χ3v) is 3.38. The zero-order valence-electron chi connectivity index (χ0n) is 11.8. The minimum atomic E-state index is -0.489. The minimum absolute atomic E-state index is 0.154. The van der Waals surface area contributed by atoms with Crippen LogP contribution in [-0.4, -0.2) is 18.6 Å². The van der Waals surface area contributed by atoms with E-state index in [2.05, 4.69) is 5.32 Å². The molecule has 0 radical (unpaired) electrons. The number of hydrogen-bond acceptors (Lipinski definition) is 3. The summed E-state index contributed by atoms with van der Waals surface area (Å²) in [6.45, 7) is 2.47. The summed E-state index contributed by atoms with van der Waals surface area (Å²) in [5.41, 5.74) is 1.74. The van der Waals surface area contributed by atoms with Gasteiger partial charge in [0.25, 0.3) is 5.91 Å². The number of amides is 1. The Balaban J connectivity index is 1.71. The molecule has 21 heavy (non-hydrogen) atoms. The van der Waals surface area contributed by atoms with Crippen molar-refractivity contribution in [2.45, 2.75) is 19.4 Å². The molecule has 0 spiro atoms. The van der Waals surface area contributed by atoms with Gasteiger partial charge in [0, 0.05) is 6.42 Å². The Labute approximate surface area is 123 Å². The first-order valence-electron chi connectivity index (χ1n) is 7.05. The lowest BCUT2D eigenvalue weighted by Crippen LogP contribution is -2.31. The average molecular weight is 283 g/mol. The molecular weight excluding hydrogens is 266 g/mol. The number of carbonyl (C=O) groups excluding carboxylic acids is 1. The fourth-order valence-corrected chi connectivity index (χ4v) is 2.39. The van der Waals surface area contributed by atoms with Crippen LogP contribution in [0.15, 0.2) is 48.5 Å². The third-order valence-electron chi connectivity index (χ3n) is 3.38. The Morgan fingerprint density at radius 1 is 1.24 bits per heavy atom. The maximum Gasteiger partial charge on any atom is 0.265 e. The predicted octanol–water partition coefficient (Wildman–Crippen LogP) is 3.03. The van der Waals surface area contributed by atoms with Gasteiger partial charge in [0.1, 0.15) is 11.5 Å². The van der Waals surface area contributed by atoms with E-state index in [0.29, 0.717) is 24.5 Å². The van der Waals surface area contributed by atoms with Crippen LogP contribution in [0.5, 0.6) is 11.5 Å². The lowest BCUT2D eigenvalue weighted by molar-refractivity contribution is -0.122. The van der Waals surface area contributed by atoms with Crippen LogP contribution in [0.1, 0.15) is 12.5 Å². The standard InChI is InChI=1S/C17H17NO3/c1-2-20-15-10-6-4-8-13(15)18-17(19)16-11-12-7-3-5-9-14(12)21-16/h3-10,16H,2,11H2,1H3,(H,18,19)/t16-/m1/s1. The van der Waals surface area contributed by atoms with Crippen molar-refractivity contribution < 1.29 is 14.3 Å². The Bertz CT molecular complexity index is 629. The molecule has 1 N–H and O–H groups in total. The highest BCUT2D eigenvalue weighted by molar-refractivity contribution is 5.96. The number of carbonyl (C=O) groups is 1. The number of ether oxygens (including phenoxy) is 2. The van der Waals surface area contributed by atoms with Crippen molar-refractivity contribution in [3.8, 4) is 11.5 Å². The normalized spacial score (nSPS) is 16.0. The van der Waals surface area contributed by atoms with E-state index in [4.69, 9.17) is 9.47 Å². The van der Waals surface area contributed by atoms with E-state index in [0.717, 1.165) is 11.3 Å². The second-order valence-corrected chi connectivity index (χ2v) is 4.84. The number of nitrogens with one attached hydrogen (secondary N) is 1. The number of para-hydroxylation sites is 3. The number of rotatable bonds is 4. The number of benzene rings is 2. The molecule has 0 saturated carbocycles. The number of anilines is 1. The summed E-state index contributed by atoms with van der Waals surface area (Å²) in [5.74, 6) is 1.30. The Morgan fingerprint density at radius 3 is 2.81 bits per heavy atom. The summed E-state index contributed by atoms with van der Waals surface area (Å²) < 4.78 is 11.2. The van der Waals surface area contributed by atoms with Crippen LogP contribution in [0, 0.1) is 0 Å². The third kappa shape index (κ3) is 2.84. The van der Waals surface area contributed by atoms with E-state index >= 15 is 0 Å². The van der Waals surface area contributed by atoms with Crippen molar-refractivity contribution >= 4 is 11.6 Å². The van der Waals surface area contributed by atoms with E-state index in [1.54, 1.807) is 0 Å². The Hall–Kier alpha value is -2.49. The van der Waals surface area contributed by atoms with Crippen LogP contribution in [0.4, 0.5) is 5.69 Å². The molecule has 1 aliphatic heterocycles. The fraction of sp³-hybridized carbons (Fsp3) is 0.235. The van der Waals surface area contributed by atoms with E-state index in [1.165, 1.54) is 0 Å². The number of fused-ring (bicyclic) bond motifs is 1. The predicted molar refractivity (Wildman–Crippen MR) is 80.8 cm³/mol. The van der Waals surface area contributed by atoms with Crippen molar-refractivity contribution in [1.29, 1.82) is 0 Å². The van der Waals surface area contributed by atoms with Gasteiger partial charge in [-0.15, -0.1) is 0 Å². The second kappa shape index (κ2) is 5.87. The zero-order chi connectivity index (χ0) is 14.7. The molecule has 1 aliphatic rings. The van der Waals surface area contributed by atoms with Gasteiger partial charge in [0.15, 0.2) is 6.10 Å². The lowest BCUT2D eigenvalue weighted by Gasteiger charge is -2.14. The molecule has 3 rings (SSSR count). The molecule has 2 aromatic rings. The molecule has 0 unspecified atom stereocenters. The SMILES string of the molecule is CCOc1ccccc1NC(=O)[C@H]1Cc2ccccc2O1. The van der Waals surface area contributed by atoms with Crippen LogP contribution < -0.4 is 14.8 Å². The van der Waals surface area contributed by atoms with Crippen LogP contribution in [0.3, 0.4) is 0 Å². The molecule has 108 valence electrons. The maximum absolute atomic E-state index is 12.3. The smallest absolute Gasteiger partial charge is 0.265 e. The molecule has 0 saturated heterocycles. The summed E-state index contributed by atoms with van der Waals surface area (Å²) >= 11 is 0. The highest BCUT2D eigenvalue weighted by atomic mass is 16.5. The van der Waals surface area contributed by atoms with Crippen molar-refractivity contribution in [3.63, 3.8) is 0 Å². The van der Waals surface area contributed by atoms with Gasteiger partial charge in [-0.1, -0.05) is 30.3 Å². The lowest BCUT2D eigenvalue weighted by atomic mass is 10.1. The second-order valence-electron chi connectivity index (χ2n) is 4.84. The van der Waals surface area contributed by atoms with Crippen molar-refractivity contribution in [3.05, 3.63) is 54.1 Å². The molecule has 1 amide bonds. The highest BCUT2D eigenvalue weighted by Gasteiger charge is 2.29. The molecule has 1 heterocycles. The largest absolute Gasteiger partial charge is 0.492 e. The molecule has 0 fully saturated rings. The first-order valence-corrected chi connectivity index (χ1v) is 7.05. The molecular formula is C17H17NO3. The quantitative estimate of drug-likeness (QED) is 0.938. The molecule has 2 aromatic carbocycles. The average Bonchev–Trinajstić information content (AvgIpc) is 2.93. The minimum Gasteiger partial charge on any atom is -0.492 e. The van der Waals surface area contributed by atoms with Gasteiger partial charge in [0.05, 0.1) is 12.3 Å². The topological polar surface area (TPSA) is 47.6 Å². The maximum atomic E-state index is 12.3. The first-order chi connectivity index (χ1) is 10.3. The fourth-order valence-electron chi connectivity index (χ4n) is 2.39. The molecule has 0 aromatic heterocycles. The summed E-state index contributed by atoms with van der Waals surface area (Å²) in [4.78, 5) is 12.3. The van der Waals surface area contributed by atoms with Crippen LogP contribution in [-0.2, 0) is 11.2 Å². The summed E-state index contributed by atoms with van der Waals surface area (Å²) in [7, 11) is 0. The molecule has 4 heteroatoms. The van der Waals surface area contributed by atoms with Crippen LogP contribution >= 0.6 is 0 Å². The van der Waals surface area contributed by atoms with Crippen molar-refractivity contribution in [2.75, 3.05) is 11.9 Å². The zero-order valence-corrected chi connectivity index (χ0v) is 11.8. The van der Waals surface area contributed by atoms with Crippen molar-refractivity contribution in [2.24, 2.45) is 0 Å². The van der Waals surface area contributed by atoms with Gasteiger partial charge in [-0.25, -0.2) is 0 Å². The molecule has 0 bridgehead atoms. The monoisotopic (exact) mass is 283 g/mol. The van der Waals surface area contributed by atoms with E-state index in [9.17, 15) is 4.79 Å². The molecule has 1 atom stereocenters. The number of hydrogen-bond donors (Lipinski definition) is 1. The van der Waals surface area contributed by atoms with Gasteiger partial charge in [0.2, 0.25) is 0 Å². The Kier molecular flexibility index (Phi) is 3.77. The van der Waals surface area contributed by atoms with E-state index in [1.807, 2.05) is 55.5 Å².